The maximum absolute atomic E-state index is 13.3. The van der Waals surface area contributed by atoms with Gasteiger partial charge in [-0.2, -0.15) is 0 Å². The standard InChI is InChI=1S/C11H13Cl2FO/c12-5-1-2-10(15)6-8-3-4-9(13)7-11(8)14/h3-4,7,10,15H,1-2,5-6H2. The van der Waals surface area contributed by atoms with E-state index in [0.29, 0.717) is 29.3 Å². The molecule has 1 aromatic rings. The van der Waals surface area contributed by atoms with Crippen molar-refractivity contribution in [3.63, 3.8) is 0 Å². The van der Waals surface area contributed by atoms with Gasteiger partial charge in [0.15, 0.2) is 0 Å². The number of rotatable bonds is 5. The SMILES string of the molecule is OC(CCCCl)Cc1ccc(Cl)cc1F. The zero-order valence-electron chi connectivity index (χ0n) is 8.22. The summed E-state index contributed by atoms with van der Waals surface area (Å²) >= 11 is 11.1. The third-order valence-electron chi connectivity index (χ3n) is 2.14. The smallest absolute Gasteiger partial charge is 0.127 e. The number of aliphatic hydroxyl groups excluding tert-OH is 1. The highest BCUT2D eigenvalue weighted by Gasteiger charge is 2.09. The van der Waals surface area contributed by atoms with Gasteiger partial charge in [0.05, 0.1) is 6.10 Å². The Labute approximate surface area is 98.8 Å². The van der Waals surface area contributed by atoms with E-state index in [1.165, 1.54) is 6.07 Å². The van der Waals surface area contributed by atoms with Crippen LogP contribution in [0.5, 0.6) is 0 Å². The van der Waals surface area contributed by atoms with Gasteiger partial charge in [-0.1, -0.05) is 17.7 Å². The molecule has 0 fully saturated rings. The lowest BCUT2D eigenvalue weighted by Crippen LogP contribution is -2.11. The van der Waals surface area contributed by atoms with Gasteiger partial charge >= 0.3 is 0 Å². The maximum Gasteiger partial charge on any atom is 0.127 e. The van der Waals surface area contributed by atoms with Crippen molar-refractivity contribution in [3.05, 3.63) is 34.6 Å². The first-order valence-corrected chi connectivity index (χ1v) is 5.72. The minimum absolute atomic E-state index is 0.305. The second-order valence-electron chi connectivity index (χ2n) is 3.42. The summed E-state index contributed by atoms with van der Waals surface area (Å²) in [5, 5.41) is 9.94. The van der Waals surface area contributed by atoms with Gasteiger partial charge in [-0.25, -0.2) is 4.39 Å². The van der Waals surface area contributed by atoms with Crippen LogP contribution in [0.1, 0.15) is 18.4 Å². The van der Waals surface area contributed by atoms with Crippen LogP contribution < -0.4 is 0 Å². The summed E-state index contributed by atoms with van der Waals surface area (Å²) < 4.78 is 13.3. The first kappa shape index (κ1) is 12.8. The van der Waals surface area contributed by atoms with Gasteiger partial charge in [0, 0.05) is 17.3 Å². The zero-order valence-corrected chi connectivity index (χ0v) is 9.73. The van der Waals surface area contributed by atoms with Crippen LogP contribution in [-0.4, -0.2) is 17.1 Å². The quantitative estimate of drug-likeness (QED) is 0.795. The Hall–Kier alpha value is -0.310. The number of halogens is 3. The summed E-state index contributed by atoms with van der Waals surface area (Å²) in [5.74, 6) is 0.146. The molecule has 0 amide bonds. The van der Waals surface area contributed by atoms with Crippen LogP contribution in [0.4, 0.5) is 4.39 Å². The first-order chi connectivity index (χ1) is 7.13. The Kier molecular flexibility index (Phi) is 5.37. The van der Waals surface area contributed by atoms with Crippen LogP contribution in [0.15, 0.2) is 18.2 Å². The van der Waals surface area contributed by atoms with E-state index < -0.39 is 6.10 Å². The predicted octanol–water partition coefficient (Wildman–Crippen LogP) is 3.40. The van der Waals surface area contributed by atoms with Crippen LogP contribution in [0.2, 0.25) is 5.02 Å². The van der Waals surface area contributed by atoms with E-state index in [1.807, 2.05) is 0 Å². The van der Waals surface area contributed by atoms with E-state index in [9.17, 15) is 9.50 Å². The Bertz CT molecular complexity index is 317. The van der Waals surface area contributed by atoms with Gasteiger partial charge in [-0.05, 0) is 30.5 Å². The third-order valence-corrected chi connectivity index (χ3v) is 2.64. The molecule has 0 saturated heterocycles. The largest absolute Gasteiger partial charge is 0.393 e. The average molecular weight is 251 g/mol. The molecule has 1 atom stereocenters. The fraction of sp³-hybridized carbons (Fsp3) is 0.455. The second-order valence-corrected chi connectivity index (χ2v) is 4.24. The Morgan fingerprint density at radius 3 is 2.73 bits per heavy atom. The van der Waals surface area contributed by atoms with E-state index in [-0.39, 0.29) is 5.82 Å². The minimum atomic E-state index is -0.542. The van der Waals surface area contributed by atoms with Crippen molar-refractivity contribution in [1.82, 2.24) is 0 Å². The van der Waals surface area contributed by atoms with Crippen molar-refractivity contribution in [2.45, 2.75) is 25.4 Å². The maximum atomic E-state index is 13.3. The lowest BCUT2D eigenvalue weighted by Gasteiger charge is -2.10. The normalized spacial score (nSPS) is 12.8. The Morgan fingerprint density at radius 2 is 2.13 bits per heavy atom. The van der Waals surface area contributed by atoms with Gasteiger partial charge in [-0.15, -0.1) is 11.6 Å². The molecule has 0 radical (unpaired) electrons. The lowest BCUT2D eigenvalue weighted by molar-refractivity contribution is 0.163. The molecule has 0 aliphatic carbocycles. The van der Waals surface area contributed by atoms with Crippen LogP contribution >= 0.6 is 23.2 Å². The van der Waals surface area contributed by atoms with E-state index in [0.717, 1.165) is 6.42 Å². The highest BCUT2D eigenvalue weighted by molar-refractivity contribution is 6.30. The van der Waals surface area contributed by atoms with Crippen molar-refractivity contribution >= 4 is 23.2 Å². The monoisotopic (exact) mass is 250 g/mol. The molecule has 15 heavy (non-hydrogen) atoms. The fourth-order valence-corrected chi connectivity index (χ4v) is 1.67. The third kappa shape index (κ3) is 4.37. The topological polar surface area (TPSA) is 20.2 Å². The van der Waals surface area contributed by atoms with Crippen molar-refractivity contribution < 1.29 is 9.50 Å². The van der Waals surface area contributed by atoms with Gasteiger partial charge in [0.25, 0.3) is 0 Å². The van der Waals surface area contributed by atoms with Crippen LogP contribution in [0.3, 0.4) is 0 Å². The van der Waals surface area contributed by atoms with Crippen LogP contribution in [0, 0.1) is 5.82 Å². The van der Waals surface area contributed by atoms with E-state index in [1.54, 1.807) is 12.1 Å². The number of hydrogen-bond donors (Lipinski definition) is 1. The molecule has 0 saturated carbocycles. The highest BCUT2D eigenvalue weighted by Crippen LogP contribution is 2.17. The molecule has 0 spiro atoms. The molecule has 1 aromatic carbocycles. The molecule has 0 bridgehead atoms. The van der Waals surface area contributed by atoms with Gasteiger partial charge in [0.2, 0.25) is 0 Å². The molecule has 4 heteroatoms. The summed E-state index contributed by atoms with van der Waals surface area (Å²) in [6.45, 7) is 0. The minimum Gasteiger partial charge on any atom is -0.393 e. The summed E-state index contributed by atoms with van der Waals surface area (Å²) in [6, 6.07) is 4.47. The molecule has 1 N–H and O–H groups in total. The van der Waals surface area contributed by atoms with E-state index in [4.69, 9.17) is 23.2 Å². The number of aliphatic hydroxyl groups is 1. The number of alkyl halides is 1. The number of benzene rings is 1. The first-order valence-electron chi connectivity index (χ1n) is 4.81. The summed E-state index contributed by atoms with van der Waals surface area (Å²) in [5.41, 5.74) is 0.487. The average Bonchev–Trinajstić information content (AvgIpc) is 2.19. The molecular formula is C11H13Cl2FO. The van der Waals surface area contributed by atoms with E-state index >= 15 is 0 Å². The molecule has 0 aliphatic rings. The van der Waals surface area contributed by atoms with Crippen molar-refractivity contribution in [2.24, 2.45) is 0 Å². The van der Waals surface area contributed by atoms with E-state index in [2.05, 4.69) is 0 Å². The lowest BCUT2D eigenvalue weighted by atomic mass is 10.0. The van der Waals surface area contributed by atoms with Crippen molar-refractivity contribution in [3.8, 4) is 0 Å². The summed E-state index contributed by atoms with van der Waals surface area (Å²) in [7, 11) is 0. The van der Waals surface area contributed by atoms with Gasteiger partial charge in [0.1, 0.15) is 5.82 Å². The van der Waals surface area contributed by atoms with Gasteiger partial charge < -0.3 is 5.11 Å². The summed E-state index contributed by atoms with van der Waals surface area (Å²) in [4.78, 5) is 0. The Balaban J connectivity index is 2.56. The Morgan fingerprint density at radius 1 is 1.40 bits per heavy atom. The molecule has 0 aromatic heterocycles. The molecule has 1 nitrogen and oxygen atoms in total. The van der Waals surface area contributed by atoms with Gasteiger partial charge in [-0.3, -0.25) is 0 Å². The fourth-order valence-electron chi connectivity index (χ4n) is 1.36. The molecule has 84 valence electrons. The molecular weight excluding hydrogens is 238 g/mol. The second kappa shape index (κ2) is 6.31. The molecule has 1 unspecified atom stereocenters. The highest BCUT2D eigenvalue weighted by atomic mass is 35.5. The van der Waals surface area contributed by atoms with Crippen molar-refractivity contribution in [2.75, 3.05) is 5.88 Å². The predicted molar refractivity (Wildman–Crippen MR) is 61.1 cm³/mol. The van der Waals surface area contributed by atoms with Crippen LogP contribution in [0.25, 0.3) is 0 Å². The molecule has 0 heterocycles. The summed E-state index contributed by atoms with van der Waals surface area (Å²) in [6.07, 6.45) is 1.09. The zero-order chi connectivity index (χ0) is 11.3. The molecule has 1 rings (SSSR count). The van der Waals surface area contributed by atoms with Crippen LogP contribution in [-0.2, 0) is 6.42 Å². The molecule has 0 aliphatic heterocycles. The van der Waals surface area contributed by atoms with Crippen molar-refractivity contribution in [1.29, 1.82) is 0 Å². The number of hydrogen-bond acceptors (Lipinski definition) is 1.